The maximum Gasteiger partial charge on any atom is 0.393 e. The van der Waals surface area contributed by atoms with E-state index in [1.165, 1.54) is 0 Å². The number of nitro groups is 1. The number of rotatable bonds is 2. The van der Waals surface area contributed by atoms with Crippen LogP contribution in [0.1, 0.15) is 5.56 Å². The molecule has 0 atom stereocenters. The summed E-state index contributed by atoms with van der Waals surface area (Å²) in [6.07, 6.45) is -6.04. The first-order valence-corrected chi connectivity index (χ1v) is 4.69. The summed E-state index contributed by atoms with van der Waals surface area (Å²) < 4.78 is 49.0. The van der Waals surface area contributed by atoms with E-state index in [9.17, 15) is 27.7 Å². The topological polar surface area (TPSA) is 43.1 Å². The van der Waals surface area contributed by atoms with Crippen LogP contribution in [-0.4, -0.2) is 11.1 Å². The van der Waals surface area contributed by atoms with Gasteiger partial charge in [0.05, 0.1) is 17.4 Å². The number of alkyl halides is 3. The van der Waals surface area contributed by atoms with Crippen LogP contribution in [0.2, 0.25) is 0 Å². The van der Waals surface area contributed by atoms with Crippen molar-refractivity contribution in [1.29, 1.82) is 0 Å². The lowest BCUT2D eigenvalue weighted by Gasteiger charge is -2.09. The molecule has 0 N–H and O–H groups in total. The molecule has 0 heterocycles. The van der Waals surface area contributed by atoms with Gasteiger partial charge in [-0.1, -0.05) is 15.9 Å². The van der Waals surface area contributed by atoms with Crippen molar-refractivity contribution < 1.29 is 22.5 Å². The van der Waals surface area contributed by atoms with Crippen molar-refractivity contribution in [2.75, 3.05) is 0 Å². The summed E-state index contributed by atoms with van der Waals surface area (Å²) in [7, 11) is 0. The number of hydrogen-bond acceptors (Lipinski definition) is 2. The van der Waals surface area contributed by atoms with Gasteiger partial charge in [-0.15, -0.1) is 0 Å². The predicted octanol–water partition coefficient (Wildman–Crippen LogP) is 3.60. The molecule has 0 fully saturated rings. The van der Waals surface area contributed by atoms with E-state index in [0.717, 1.165) is 6.07 Å². The fourth-order valence-electron chi connectivity index (χ4n) is 1.06. The van der Waals surface area contributed by atoms with Gasteiger partial charge in [-0.05, 0) is 0 Å². The summed E-state index contributed by atoms with van der Waals surface area (Å²) in [6.45, 7) is 0. The minimum absolute atomic E-state index is 0.267. The molecule has 0 radical (unpaired) electrons. The van der Waals surface area contributed by atoms with Crippen LogP contribution < -0.4 is 0 Å². The lowest BCUT2D eigenvalue weighted by atomic mass is 10.1. The Morgan fingerprint density at radius 1 is 1.38 bits per heavy atom. The van der Waals surface area contributed by atoms with Crippen LogP contribution in [0.25, 0.3) is 0 Å². The summed E-state index contributed by atoms with van der Waals surface area (Å²) in [5.74, 6) is -1.25. The number of nitro benzene ring substituents is 1. The number of nitrogens with zero attached hydrogens (tertiary/aromatic N) is 1. The Labute approximate surface area is 95.3 Å². The fraction of sp³-hybridized carbons (Fsp3) is 0.250. The molecule has 3 nitrogen and oxygen atoms in total. The van der Waals surface area contributed by atoms with E-state index < -0.39 is 34.6 Å². The number of benzene rings is 1. The monoisotopic (exact) mass is 301 g/mol. The summed E-state index contributed by atoms with van der Waals surface area (Å²) in [6, 6.07) is 1.30. The van der Waals surface area contributed by atoms with E-state index in [2.05, 4.69) is 15.9 Å². The van der Waals surface area contributed by atoms with Crippen LogP contribution in [0, 0.1) is 15.9 Å². The van der Waals surface area contributed by atoms with Gasteiger partial charge in [0.2, 0.25) is 0 Å². The second-order valence-corrected chi connectivity index (χ2v) is 3.79. The van der Waals surface area contributed by atoms with Gasteiger partial charge in [0.15, 0.2) is 0 Å². The minimum Gasteiger partial charge on any atom is -0.258 e. The molecule has 0 saturated heterocycles. The maximum atomic E-state index is 13.2. The molecule has 0 aromatic heterocycles. The lowest BCUT2D eigenvalue weighted by molar-refractivity contribution is -0.385. The van der Waals surface area contributed by atoms with Crippen LogP contribution in [0.3, 0.4) is 0 Å². The lowest BCUT2D eigenvalue weighted by Crippen LogP contribution is -2.13. The third kappa shape index (κ3) is 3.16. The smallest absolute Gasteiger partial charge is 0.258 e. The molecule has 0 aliphatic rings. The SMILES string of the molecule is O=[N+]([O-])c1cc(F)c(CC(F)(F)F)c(Br)c1. The van der Waals surface area contributed by atoms with Gasteiger partial charge in [0.1, 0.15) is 5.82 Å². The van der Waals surface area contributed by atoms with Gasteiger partial charge >= 0.3 is 6.18 Å². The highest BCUT2D eigenvalue weighted by molar-refractivity contribution is 9.10. The zero-order valence-electron chi connectivity index (χ0n) is 7.52. The Hall–Kier alpha value is -1.18. The van der Waals surface area contributed by atoms with Gasteiger partial charge < -0.3 is 0 Å². The number of non-ortho nitro benzene ring substituents is 1. The first kappa shape index (κ1) is 12.9. The third-order valence-corrected chi connectivity index (χ3v) is 2.42. The van der Waals surface area contributed by atoms with Crippen LogP contribution in [-0.2, 0) is 6.42 Å². The molecule has 0 aliphatic carbocycles. The molecule has 0 spiro atoms. The average molecular weight is 302 g/mol. The zero-order chi connectivity index (χ0) is 12.5. The van der Waals surface area contributed by atoms with Crippen molar-refractivity contribution in [3.05, 3.63) is 38.1 Å². The second-order valence-electron chi connectivity index (χ2n) is 2.94. The Balaban J connectivity index is 3.18. The first-order chi connectivity index (χ1) is 7.20. The van der Waals surface area contributed by atoms with Crippen molar-refractivity contribution in [1.82, 2.24) is 0 Å². The molecule has 1 aromatic rings. The summed E-state index contributed by atoms with van der Waals surface area (Å²) >= 11 is 2.67. The van der Waals surface area contributed by atoms with Crippen molar-refractivity contribution in [2.45, 2.75) is 12.6 Å². The second kappa shape index (κ2) is 4.36. The normalized spacial score (nSPS) is 11.6. The Bertz CT molecular complexity index is 410. The highest BCUT2D eigenvalue weighted by Gasteiger charge is 2.31. The first-order valence-electron chi connectivity index (χ1n) is 3.90. The molecular weight excluding hydrogens is 298 g/mol. The van der Waals surface area contributed by atoms with Crippen molar-refractivity contribution in [3.8, 4) is 0 Å². The van der Waals surface area contributed by atoms with Gasteiger partial charge in [0.25, 0.3) is 5.69 Å². The highest BCUT2D eigenvalue weighted by atomic mass is 79.9. The Kier molecular flexibility index (Phi) is 3.51. The molecular formula is C8H4BrF4NO2. The molecule has 0 unspecified atom stereocenters. The summed E-state index contributed by atoms with van der Waals surface area (Å²) in [5, 5.41) is 10.3. The fourth-order valence-corrected chi connectivity index (χ4v) is 1.63. The molecule has 16 heavy (non-hydrogen) atoms. The summed E-state index contributed by atoms with van der Waals surface area (Å²) in [5.41, 5.74) is -1.24. The van der Waals surface area contributed by atoms with Gasteiger partial charge in [0, 0.05) is 16.1 Å². The number of hydrogen-bond donors (Lipinski definition) is 0. The van der Waals surface area contributed by atoms with Crippen LogP contribution in [0.5, 0.6) is 0 Å². The van der Waals surface area contributed by atoms with Gasteiger partial charge in [-0.25, -0.2) is 4.39 Å². The molecule has 0 bridgehead atoms. The van der Waals surface area contributed by atoms with Crippen LogP contribution in [0.15, 0.2) is 16.6 Å². The van der Waals surface area contributed by atoms with E-state index in [1.54, 1.807) is 0 Å². The zero-order valence-corrected chi connectivity index (χ0v) is 9.10. The molecule has 8 heteroatoms. The predicted molar refractivity (Wildman–Crippen MR) is 50.5 cm³/mol. The number of halogens is 5. The van der Waals surface area contributed by atoms with E-state index in [0.29, 0.717) is 6.07 Å². The highest BCUT2D eigenvalue weighted by Crippen LogP contribution is 2.31. The summed E-state index contributed by atoms with van der Waals surface area (Å²) in [4.78, 5) is 9.41. The van der Waals surface area contributed by atoms with E-state index in [4.69, 9.17) is 0 Å². The van der Waals surface area contributed by atoms with Crippen molar-refractivity contribution in [3.63, 3.8) is 0 Å². The molecule has 0 aliphatic heterocycles. The largest absolute Gasteiger partial charge is 0.393 e. The molecule has 0 saturated carbocycles. The third-order valence-electron chi connectivity index (χ3n) is 1.71. The molecule has 0 amide bonds. The van der Waals surface area contributed by atoms with E-state index in [-0.39, 0.29) is 4.47 Å². The van der Waals surface area contributed by atoms with Crippen molar-refractivity contribution in [2.24, 2.45) is 0 Å². The van der Waals surface area contributed by atoms with Gasteiger partial charge in [-0.3, -0.25) is 10.1 Å². The molecule has 88 valence electrons. The average Bonchev–Trinajstić information content (AvgIpc) is 2.09. The van der Waals surface area contributed by atoms with Crippen LogP contribution >= 0.6 is 15.9 Å². The van der Waals surface area contributed by atoms with Gasteiger partial charge in [-0.2, -0.15) is 13.2 Å². The Morgan fingerprint density at radius 3 is 2.31 bits per heavy atom. The van der Waals surface area contributed by atoms with Crippen LogP contribution in [0.4, 0.5) is 23.2 Å². The maximum absolute atomic E-state index is 13.2. The standard InChI is InChI=1S/C8H4BrF4NO2/c9-6-1-4(14(15)16)2-7(10)5(6)3-8(11,12)13/h1-2H,3H2. The minimum atomic E-state index is -4.57. The molecule has 1 rings (SSSR count). The quantitative estimate of drug-likeness (QED) is 0.476. The van der Waals surface area contributed by atoms with Crippen molar-refractivity contribution >= 4 is 21.6 Å². The molecule has 1 aromatic carbocycles. The van der Waals surface area contributed by atoms with E-state index in [1.807, 2.05) is 0 Å². The van der Waals surface area contributed by atoms with E-state index >= 15 is 0 Å². The Morgan fingerprint density at radius 2 is 1.94 bits per heavy atom.